The van der Waals surface area contributed by atoms with Crippen molar-refractivity contribution in [2.24, 2.45) is 0 Å². The summed E-state index contributed by atoms with van der Waals surface area (Å²) in [7, 11) is 1.53. The van der Waals surface area contributed by atoms with Crippen LogP contribution in [0.1, 0.15) is 29.1 Å². The summed E-state index contributed by atoms with van der Waals surface area (Å²) in [6, 6.07) is 11.2. The molecule has 3 rings (SSSR count). The van der Waals surface area contributed by atoms with Crippen molar-refractivity contribution in [1.29, 1.82) is 0 Å². The maximum Gasteiger partial charge on any atom is 0.422 e. The molecule has 0 fully saturated rings. The number of rotatable bonds is 6. The van der Waals surface area contributed by atoms with E-state index in [1.165, 1.54) is 25.4 Å². The minimum absolute atomic E-state index is 0.00658. The summed E-state index contributed by atoms with van der Waals surface area (Å²) >= 11 is 0. The van der Waals surface area contributed by atoms with Gasteiger partial charge in [-0.05, 0) is 31.2 Å². The zero-order valence-electron chi connectivity index (χ0n) is 15.7. The lowest BCUT2D eigenvalue weighted by atomic mass is 10.1. The third-order valence-electron chi connectivity index (χ3n) is 4.09. The fraction of sp³-hybridized carbons (Fsp3) is 0.250. The van der Waals surface area contributed by atoms with E-state index in [0.717, 1.165) is 5.39 Å². The normalized spacial score (nSPS) is 12.4. The molecule has 9 heteroatoms. The van der Waals surface area contributed by atoms with Gasteiger partial charge in [0.2, 0.25) is 0 Å². The van der Waals surface area contributed by atoms with Gasteiger partial charge in [0.25, 0.3) is 5.91 Å². The molecule has 2 heterocycles. The van der Waals surface area contributed by atoms with Gasteiger partial charge in [0.05, 0.1) is 25.0 Å². The lowest BCUT2D eigenvalue weighted by Crippen LogP contribution is -2.28. The Hall–Kier alpha value is -3.36. The average Bonchev–Trinajstić information content (AvgIpc) is 2.71. The van der Waals surface area contributed by atoms with E-state index in [4.69, 9.17) is 4.74 Å². The van der Waals surface area contributed by atoms with Gasteiger partial charge in [-0.3, -0.25) is 9.78 Å². The third kappa shape index (κ3) is 5.13. The quantitative estimate of drug-likeness (QED) is 0.669. The molecule has 0 bridgehead atoms. The Morgan fingerprint density at radius 1 is 1.17 bits per heavy atom. The molecule has 0 saturated heterocycles. The molecule has 0 aliphatic rings. The number of nitrogens with zero attached hydrogens (tertiary/aromatic N) is 2. The summed E-state index contributed by atoms with van der Waals surface area (Å²) in [5.41, 5.74) is 1.25. The van der Waals surface area contributed by atoms with Gasteiger partial charge in [-0.25, -0.2) is 4.98 Å². The number of hydrogen-bond donors (Lipinski definition) is 1. The van der Waals surface area contributed by atoms with Gasteiger partial charge in [0.15, 0.2) is 6.61 Å². The van der Waals surface area contributed by atoms with E-state index in [0.29, 0.717) is 17.0 Å². The molecular formula is C20H18F3N3O3. The molecule has 6 nitrogen and oxygen atoms in total. The molecule has 3 aromatic rings. The number of carbonyl (C=O) groups excluding carboxylic acids is 1. The first-order chi connectivity index (χ1) is 13.8. The first kappa shape index (κ1) is 20.4. The van der Waals surface area contributed by atoms with Crippen LogP contribution in [-0.4, -0.2) is 35.8 Å². The fourth-order valence-corrected chi connectivity index (χ4v) is 2.65. The predicted molar refractivity (Wildman–Crippen MR) is 100.0 cm³/mol. The number of ether oxygens (including phenoxy) is 2. The Morgan fingerprint density at radius 2 is 1.97 bits per heavy atom. The summed E-state index contributed by atoms with van der Waals surface area (Å²) in [4.78, 5) is 21.0. The van der Waals surface area contributed by atoms with E-state index in [1.807, 2.05) is 12.1 Å². The Morgan fingerprint density at radius 3 is 2.62 bits per heavy atom. The summed E-state index contributed by atoms with van der Waals surface area (Å²) in [6.07, 6.45) is -3.24. The second-order valence-corrected chi connectivity index (χ2v) is 6.25. The van der Waals surface area contributed by atoms with Crippen LogP contribution < -0.4 is 14.8 Å². The van der Waals surface area contributed by atoms with Gasteiger partial charge in [-0.15, -0.1) is 0 Å². The highest BCUT2D eigenvalue weighted by molar-refractivity contribution is 5.96. The molecular weight excluding hydrogens is 387 g/mol. The monoisotopic (exact) mass is 405 g/mol. The molecule has 1 amide bonds. The highest BCUT2D eigenvalue weighted by Crippen LogP contribution is 2.24. The standard InChI is InChI=1S/C20H18F3N3O3/c1-12(15-9-7-14(10-24-15)29-11-20(21,22)23)25-19(27)16-8-6-13-4-3-5-17(28-2)18(13)26-16/h3-10,12H,11H2,1-2H3,(H,25,27). The van der Waals surface area contributed by atoms with E-state index in [1.54, 1.807) is 25.1 Å². The molecule has 0 radical (unpaired) electrons. The lowest BCUT2D eigenvalue weighted by Gasteiger charge is -2.14. The van der Waals surface area contributed by atoms with E-state index in [-0.39, 0.29) is 11.4 Å². The van der Waals surface area contributed by atoms with Crippen molar-refractivity contribution >= 4 is 16.8 Å². The number of carbonyl (C=O) groups is 1. The maximum absolute atomic E-state index is 12.6. The number of benzene rings is 1. The largest absolute Gasteiger partial charge is 0.494 e. The molecule has 1 N–H and O–H groups in total. The number of halogens is 3. The van der Waals surface area contributed by atoms with Crippen molar-refractivity contribution in [3.8, 4) is 11.5 Å². The Balaban J connectivity index is 1.69. The molecule has 1 aromatic carbocycles. The van der Waals surface area contributed by atoms with Crippen LogP contribution in [-0.2, 0) is 0 Å². The number of nitrogens with one attached hydrogen (secondary N) is 1. The van der Waals surface area contributed by atoms with E-state index in [9.17, 15) is 18.0 Å². The first-order valence-electron chi connectivity index (χ1n) is 8.67. The van der Waals surface area contributed by atoms with Crippen LogP contribution in [0.15, 0.2) is 48.7 Å². The van der Waals surface area contributed by atoms with Gasteiger partial charge in [0, 0.05) is 5.39 Å². The third-order valence-corrected chi connectivity index (χ3v) is 4.09. The second-order valence-electron chi connectivity index (χ2n) is 6.25. The first-order valence-corrected chi connectivity index (χ1v) is 8.67. The van der Waals surface area contributed by atoms with Gasteiger partial charge in [-0.1, -0.05) is 18.2 Å². The number of amides is 1. The molecule has 1 atom stereocenters. The summed E-state index contributed by atoms with van der Waals surface area (Å²) in [5.74, 6) is 0.138. The van der Waals surface area contributed by atoms with Crippen LogP contribution in [0.2, 0.25) is 0 Å². The van der Waals surface area contributed by atoms with Gasteiger partial charge >= 0.3 is 6.18 Å². The van der Waals surface area contributed by atoms with Crippen molar-refractivity contribution in [3.05, 3.63) is 60.0 Å². The van der Waals surface area contributed by atoms with Crippen LogP contribution in [0.3, 0.4) is 0 Å². The SMILES string of the molecule is COc1cccc2ccc(C(=O)NC(C)c3ccc(OCC(F)(F)F)cn3)nc12. The number of pyridine rings is 2. The average molecular weight is 405 g/mol. The highest BCUT2D eigenvalue weighted by Gasteiger charge is 2.28. The summed E-state index contributed by atoms with van der Waals surface area (Å²) < 4.78 is 46.5. The minimum Gasteiger partial charge on any atom is -0.494 e. The number of hydrogen-bond acceptors (Lipinski definition) is 5. The number of alkyl halides is 3. The molecule has 29 heavy (non-hydrogen) atoms. The molecule has 0 spiro atoms. The topological polar surface area (TPSA) is 73.3 Å². The maximum atomic E-state index is 12.6. The molecule has 0 saturated carbocycles. The number of fused-ring (bicyclic) bond motifs is 1. The van der Waals surface area contributed by atoms with Gasteiger partial charge in [-0.2, -0.15) is 13.2 Å². The van der Waals surface area contributed by atoms with Crippen molar-refractivity contribution in [2.75, 3.05) is 13.7 Å². The zero-order valence-corrected chi connectivity index (χ0v) is 15.7. The molecule has 0 aliphatic heterocycles. The van der Waals surface area contributed by atoms with Crippen LogP contribution in [0.5, 0.6) is 11.5 Å². The van der Waals surface area contributed by atoms with Gasteiger partial charge in [0.1, 0.15) is 22.7 Å². The Bertz CT molecular complexity index is 1010. The molecule has 1 unspecified atom stereocenters. The number of para-hydroxylation sites is 1. The lowest BCUT2D eigenvalue weighted by molar-refractivity contribution is -0.153. The zero-order chi connectivity index (χ0) is 21.0. The summed E-state index contributed by atoms with van der Waals surface area (Å²) in [6.45, 7) is 0.315. The smallest absolute Gasteiger partial charge is 0.422 e. The van der Waals surface area contributed by atoms with Gasteiger partial charge < -0.3 is 14.8 Å². The Labute approximate surface area is 164 Å². The second kappa shape index (κ2) is 8.34. The fourth-order valence-electron chi connectivity index (χ4n) is 2.65. The summed E-state index contributed by atoms with van der Waals surface area (Å²) in [5, 5.41) is 3.60. The van der Waals surface area contributed by atoms with Crippen molar-refractivity contribution in [1.82, 2.24) is 15.3 Å². The van der Waals surface area contributed by atoms with Crippen molar-refractivity contribution in [2.45, 2.75) is 19.1 Å². The van der Waals surface area contributed by atoms with Crippen LogP contribution in [0, 0.1) is 0 Å². The minimum atomic E-state index is -4.42. The predicted octanol–water partition coefficient (Wildman–Crippen LogP) is 4.07. The highest BCUT2D eigenvalue weighted by atomic mass is 19.4. The Kier molecular flexibility index (Phi) is 5.86. The molecule has 152 valence electrons. The van der Waals surface area contributed by atoms with E-state index in [2.05, 4.69) is 20.0 Å². The van der Waals surface area contributed by atoms with Crippen LogP contribution >= 0.6 is 0 Å². The van der Waals surface area contributed by atoms with Crippen molar-refractivity contribution < 1.29 is 27.4 Å². The molecule has 2 aromatic heterocycles. The van der Waals surface area contributed by atoms with E-state index >= 15 is 0 Å². The number of methoxy groups -OCH3 is 1. The van der Waals surface area contributed by atoms with E-state index < -0.39 is 24.7 Å². The molecule has 0 aliphatic carbocycles. The van der Waals surface area contributed by atoms with Crippen LogP contribution in [0.25, 0.3) is 10.9 Å². The number of aromatic nitrogens is 2. The van der Waals surface area contributed by atoms with Crippen molar-refractivity contribution in [3.63, 3.8) is 0 Å². The van der Waals surface area contributed by atoms with Crippen LogP contribution in [0.4, 0.5) is 13.2 Å².